The molecule has 2 fully saturated rings. The van der Waals surface area contributed by atoms with Crippen LogP contribution in [0.3, 0.4) is 0 Å². The van der Waals surface area contributed by atoms with E-state index in [1.165, 1.54) is 12.8 Å². The monoisotopic (exact) mass is 309 g/mol. The molecule has 1 amide bonds. The van der Waals surface area contributed by atoms with Crippen molar-refractivity contribution in [2.24, 2.45) is 23.0 Å². The Kier molecular flexibility index (Phi) is 5.54. The number of nitrogens with two attached hydrogens (primary N) is 1. The largest absolute Gasteiger partial charge is 0.352 e. The number of likely N-dealkylation sites (tertiary alicyclic amines) is 1. The second-order valence-electron chi connectivity index (χ2n) is 8.41. The second kappa shape index (κ2) is 6.88. The number of carbonyl (C=O) groups is 1. The van der Waals surface area contributed by atoms with Crippen molar-refractivity contribution in [1.82, 2.24) is 10.2 Å². The summed E-state index contributed by atoms with van der Waals surface area (Å²) in [6.07, 6.45) is 4.62. The summed E-state index contributed by atoms with van der Waals surface area (Å²) in [6.45, 7) is 12.9. The van der Waals surface area contributed by atoms with E-state index in [1.807, 2.05) is 6.92 Å². The number of rotatable bonds is 3. The van der Waals surface area contributed by atoms with E-state index in [9.17, 15) is 4.79 Å². The molecule has 1 saturated heterocycles. The van der Waals surface area contributed by atoms with Crippen LogP contribution in [-0.2, 0) is 4.79 Å². The molecule has 0 aromatic heterocycles. The molecule has 5 unspecified atom stereocenters. The van der Waals surface area contributed by atoms with E-state index < -0.39 is 0 Å². The molecule has 4 heteroatoms. The molecule has 4 nitrogen and oxygen atoms in total. The van der Waals surface area contributed by atoms with Gasteiger partial charge in [-0.2, -0.15) is 0 Å². The zero-order valence-corrected chi connectivity index (χ0v) is 15.1. The standard InChI is InChI=1S/C18H35N3O/c1-12-7-6-8-15(13(12)2)20-17(22)14(3)21-10-9-16(19)18(4,5)11-21/h12-16H,6-11,19H2,1-5H3,(H,20,22). The number of carbonyl (C=O) groups excluding carboxylic acids is 1. The highest BCUT2D eigenvalue weighted by molar-refractivity contribution is 5.81. The number of amides is 1. The van der Waals surface area contributed by atoms with E-state index in [2.05, 4.69) is 37.9 Å². The van der Waals surface area contributed by atoms with Crippen molar-refractivity contribution >= 4 is 5.91 Å². The van der Waals surface area contributed by atoms with Crippen molar-refractivity contribution in [1.29, 1.82) is 0 Å². The molecule has 0 radical (unpaired) electrons. The Labute approximate surface area is 136 Å². The van der Waals surface area contributed by atoms with Crippen LogP contribution in [0.2, 0.25) is 0 Å². The lowest BCUT2D eigenvalue weighted by Gasteiger charge is -2.45. The summed E-state index contributed by atoms with van der Waals surface area (Å²) in [5, 5.41) is 3.32. The van der Waals surface area contributed by atoms with Crippen molar-refractivity contribution in [3.63, 3.8) is 0 Å². The molecule has 1 heterocycles. The van der Waals surface area contributed by atoms with Gasteiger partial charge in [0.2, 0.25) is 5.91 Å². The number of hydrogen-bond acceptors (Lipinski definition) is 3. The van der Waals surface area contributed by atoms with Gasteiger partial charge < -0.3 is 11.1 Å². The normalized spacial score (nSPS) is 37.5. The average molecular weight is 309 g/mol. The van der Waals surface area contributed by atoms with E-state index in [-0.39, 0.29) is 23.4 Å². The van der Waals surface area contributed by atoms with Gasteiger partial charge in [0.1, 0.15) is 0 Å². The molecular formula is C18H35N3O. The number of nitrogens with zero attached hydrogens (tertiary/aromatic N) is 1. The van der Waals surface area contributed by atoms with Crippen LogP contribution >= 0.6 is 0 Å². The van der Waals surface area contributed by atoms with E-state index in [4.69, 9.17) is 5.73 Å². The van der Waals surface area contributed by atoms with Crippen LogP contribution < -0.4 is 11.1 Å². The third-order valence-electron chi connectivity index (χ3n) is 6.30. The van der Waals surface area contributed by atoms with Crippen LogP contribution in [0, 0.1) is 17.3 Å². The Hall–Kier alpha value is -0.610. The summed E-state index contributed by atoms with van der Waals surface area (Å²) in [5.41, 5.74) is 6.29. The molecule has 0 spiro atoms. The van der Waals surface area contributed by atoms with E-state index in [1.54, 1.807) is 0 Å². The fourth-order valence-electron chi connectivity index (χ4n) is 4.00. The Morgan fingerprint density at radius 2 is 1.95 bits per heavy atom. The minimum absolute atomic E-state index is 0.0591. The van der Waals surface area contributed by atoms with Crippen molar-refractivity contribution in [3.05, 3.63) is 0 Å². The average Bonchev–Trinajstić information content (AvgIpc) is 2.46. The van der Waals surface area contributed by atoms with Crippen molar-refractivity contribution in [2.45, 2.75) is 78.4 Å². The lowest BCUT2D eigenvalue weighted by Crippen LogP contribution is -2.58. The summed E-state index contributed by atoms with van der Waals surface area (Å²) in [6, 6.07) is 0.521. The van der Waals surface area contributed by atoms with Gasteiger partial charge in [-0.3, -0.25) is 9.69 Å². The number of hydrogen-bond donors (Lipinski definition) is 2. The lowest BCUT2D eigenvalue weighted by atomic mass is 9.78. The van der Waals surface area contributed by atoms with Crippen molar-refractivity contribution in [3.8, 4) is 0 Å². The van der Waals surface area contributed by atoms with Gasteiger partial charge in [0, 0.05) is 25.2 Å². The number of nitrogens with one attached hydrogen (secondary N) is 1. The van der Waals surface area contributed by atoms with E-state index in [0.29, 0.717) is 17.9 Å². The maximum absolute atomic E-state index is 12.7. The molecule has 3 N–H and O–H groups in total. The fraction of sp³-hybridized carbons (Fsp3) is 0.944. The zero-order chi connectivity index (χ0) is 16.5. The van der Waals surface area contributed by atoms with Crippen molar-refractivity contribution in [2.75, 3.05) is 13.1 Å². The first-order valence-corrected chi connectivity index (χ1v) is 9.02. The molecule has 0 bridgehead atoms. The van der Waals surface area contributed by atoms with Gasteiger partial charge in [-0.1, -0.05) is 40.5 Å². The topological polar surface area (TPSA) is 58.4 Å². The first-order chi connectivity index (χ1) is 10.2. The quantitative estimate of drug-likeness (QED) is 0.841. The molecule has 1 aliphatic heterocycles. The van der Waals surface area contributed by atoms with Crippen LogP contribution in [0.5, 0.6) is 0 Å². The molecular weight excluding hydrogens is 274 g/mol. The highest BCUT2D eigenvalue weighted by atomic mass is 16.2. The minimum Gasteiger partial charge on any atom is -0.352 e. The molecule has 2 rings (SSSR count). The van der Waals surface area contributed by atoms with Gasteiger partial charge in [-0.25, -0.2) is 0 Å². The van der Waals surface area contributed by atoms with E-state index >= 15 is 0 Å². The molecule has 22 heavy (non-hydrogen) atoms. The predicted molar refractivity (Wildman–Crippen MR) is 91.5 cm³/mol. The van der Waals surface area contributed by atoms with Crippen molar-refractivity contribution < 1.29 is 4.79 Å². The van der Waals surface area contributed by atoms with Gasteiger partial charge in [0.25, 0.3) is 0 Å². The Bertz CT molecular complexity index is 396. The Balaban J connectivity index is 1.92. The van der Waals surface area contributed by atoms with Crippen LogP contribution in [0.15, 0.2) is 0 Å². The van der Waals surface area contributed by atoms with Gasteiger partial charge in [-0.15, -0.1) is 0 Å². The van der Waals surface area contributed by atoms with Crippen LogP contribution in [-0.4, -0.2) is 42.0 Å². The summed E-state index contributed by atoms with van der Waals surface area (Å²) in [5.74, 6) is 1.48. The molecule has 128 valence electrons. The predicted octanol–water partition coefficient (Wildman–Crippen LogP) is 2.38. The molecule has 2 aliphatic rings. The molecule has 1 aliphatic carbocycles. The minimum atomic E-state index is -0.0591. The highest BCUT2D eigenvalue weighted by Gasteiger charge is 2.37. The third-order valence-corrected chi connectivity index (χ3v) is 6.30. The Morgan fingerprint density at radius 3 is 2.59 bits per heavy atom. The molecule has 0 aromatic carbocycles. The molecule has 1 saturated carbocycles. The van der Waals surface area contributed by atoms with Crippen LogP contribution in [0.1, 0.15) is 60.3 Å². The summed E-state index contributed by atoms with van der Waals surface area (Å²) in [4.78, 5) is 15.0. The van der Waals surface area contributed by atoms with Gasteiger partial charge in [0.05, 0.1) is 6.04 Å². The molecule has 5 atom stereocenters. The van der Waals surface area contributed by atoms with Gasteiger partial charge in [-0.05, 0) is 37.0 Å². The summed E-state index contributed by atoms with van der Waals surface area (Å²) >= 11 is 0. The second-order valence-corrected chi connectivity index (χ2v) is 8.41. The van der Waals surface area contributed by atoms with Crippen LogP contribution in [0.4, 0.5) is 0 Å². The first kappa shape index (κ1) is 17.7. The maximum Gasteiger partial charge on any atom is 0.237 e. The van der Waals surface area contributed by atoms with E-state index in [0.717, 1.165) is 25.9 Å². The Morgan fingerprint density at radius 1 is 1.27 bits per heavy atom. The first-order valence-electron chi connectivity index (χ1n) is 9.02. The van der Waals surface area contributed by atoms with Crippen LogP contribution in [0.25, 0.3) is 0 Å². The summed E-state index contributed by atoms with van der Waals surface area (Å²) in [7, 11) is 0. The zero-order valence-electron chi connectivity index (χ0n) is 15.1. The SMILES string of the molecule is CC1CCCC(NC(=O)C(C)N2CCC(N)C(C)(C)C2)C1C. The fourth-order valence-corrected chi connectivity index (χ4v) is 4.00. The van der Waals surface area contributed by atoms with Gasteiger partial charge in [0.15, 0.2) is 0 Å². The molecule has 0 aromatic rings. The highest BCUT2D eigenvalue weighted by Crippen LogP contribution is 2.31. The number of piperidine rings is 1. The maximum atomic E-state index is 12.7. The smallest absolute Gasteiger partial charge is 0.237 e. The lowest BCUT2D eigenvalue weighted by molar-refractivity contribution is -0.128. The third kappa shape index (κ3) is 3.83. The summed E-state index contributed by atoms with van der Waals surface area (Å²) < 4.78 is 0. The van der Waals surface area contributed by atoms with Gasteiger partial charge >= 0.3 is 0 Å².